The van der Waals surface area contributed by atoms with E-state index in [1.54, 1.807) is 0 Å². The monoisotopic (exact) mass is 332 g/mol. The number of para-hydroxylation sites is 1. The molecule has 0 spiro atoms. The maximum Gasteiger partial charge on any atom is 0.258 e. The van der Waals surface area contributed by atoms with Crippen molar-refractivity contribution in [2.45, 2.75) is 20.8 Å². The molecule has 0 aliphatic heterocycles. The van der Waals surface area contributed by atoms with Crippen LogP contribution in [0.3, 0.4) is 0 Å². The van der Waals surface area contributed by atoms with Crippen LogP contribution < -0.4 is 10.6 Å². The molecular formula is C20H20N4O. The van der Waals surface area contributed by atoms with Crippen molar-refractivity contribution < 1.29 is 4.79 Å². The zero-order valence-corrected chi connectivity index (χ0v) is 14.5. The minimum atomic E-state index is -0.236. The molecule has 5 heteroatoms. The molecule has 0 radical (unpaired) electrons. The van der Waals surface area contributed by atoms with Crippen molar-refractivity contribution in [3.05, 3.63) is 77.1 Å². The van der Waals surface area contributed by atoms with Gasteiger partial charge in [0, 0.05) is 23.8 Å². The van der Waals surface area contributed by atoms with Gasteiger partial charge in [-0.05, 0) is 44.0 Å². The van der Waals surface area contributed by atoms with Crippen molar-refractivity contribution in [1.82, 2.24) is 9.97 Å². The van der Waals surface area contributed by atoms with Crippen molar-refractivity contribution in [3.63, 3.8) is 0 Å². The van der Waals surface area contributed by atoms with Crippen LogP contribution in [-0.4, -0.2) is 15.9 Å². The highest BCUT2D eigenvalue weighted by Crippen LogP contribution is 2.24. The predicted molar refractivity (Wildman–Crippen MR) is 100 cm³/mol. The fraction of sp³-hybridized carbons (Fsp3) is 0.150. The van der Waals surface area contributed by atoms with Crippen molar-refractivity contribution in [1.29, 1.82) is 0 Å². The Morgan fingerprint density at radius 2 is 1.52 bits per heavy atom. The standard InChI is InChI=1S/C20H20N4O/c1-13-9-14(2)18(15(3)10-13)24-20-21-11-16(12-22-20)19(25)23-17-7-5-4-6-8-17/h4-12H,1-3H3,(H,23,25)(H,21,22,24). The first-order chi connectivity index (χ1) is 12.0. The summed E-state index contributed by atoms with van der Waals surface area (Å²) in [6.07, 6.45) is 3.04. The number of benzene rings is 2. The van der Waals surface area contributed by atoms with E-state index in [-0.39, 0.29) is 5.91 Å². The summed E-state index contributed by atoms with van der Waals surface area (Å²) in [4.78, 5) is 20.7. The molecule has 5 nitrogen and oxygen atoms in total. The number of carbonyl (C=O) groups excluding carboxylic acids is 1. The van der Waals surface area contributed by atoms with Gasteiger partial charge in [-0.1, -0.05) is 35.9 Å². The van der Waals surface area contributed by atoms with Gasteiger partial charge in [-0.15, -0.1) is 0 Å². The molecule has 126 valence electrons. The van der Waals surface area contributed by atoms with E-state index in [2.05, 4.69) is 39.7 Å². The Bertz CT molecular complexity index is 866. The maximum atomic E-state index is 12.2. The van der Waals surface area contributed by atoms with Crippen LogP contribution in [0.1, 0.15) is 27.0 Å². The number of carbonyl (C=O) groups is 1. The normalized spacial score (nSPS) is 10.4. The third-order valence-electron chi connectivity index (χ3n) is 3.86. The van der Waals surface area contributed by atoms with E-state index < -0.39 is 0 Å². The highest BCUT2D eigenvalue weighted by molar-refractivity contribution is 6.03. The van der Waals surface area contributed by atoms with Crippen molar-refractivity contribution in [2.24, 2.45) is 0 Å². The summed E-state index contributed by atoms with van der Waals surface area (Å²) in [5.41, 5.74) is 5.62. The topological polar surface area (TPSA) is 66.9 Å². The molecule has 2 N–H and O–H groups in total. The molecule has 0 unspecified atom stereocenters. The molecule has 0 atom stereocenters. The number of aryl methyl sites for hydroxylation is 3. The molecule has 2 aromatic carbocycles. The van der Waals surface area contributed by atoms with Gasteiger partial charge in [-0.2, -0.15) is 0 Å². The quantitative estimate of drug-likeness (QED) is 0.743. The van der Waals surface area contributed by atoms with Crippen LogP contribution >= 0.6 is 0 Å². The number of hydrogen-bond donors (Lipinski definition) is 2. The van der Waals surface area contributed by atoms with E-state index in [1.165, 1.54) is 18.0 Å². The molecule has 0 fully saturated rings. The highest BCUT2D eigenvalue weighted by Gasteiger charge is 2.09. The molecule has 3 rings (SSSR count). The third-order valence-corrected chi connectivity index (χ3v) is 3.86. The van der Waals surface area contributed by atoms with E-state index in [4.69, 9.17) is 0 Å². The van der Waals surface area contributed by atoms with Crippen molar-refractivity contribution >= 4 is 23.2 Å². The molecule has 3 aromatic rings. The van der Waals surface area contributed by atoms with Crippen LogP contribution in [0.4, 0.5) is 17.3 Å². The summed E-state index contributed by atoms with van der Waals surface area (Å²) in [5, 5.41) is 6.04. The Morgan fingerprint density at radius 1 is 0.920 bits per heavy atom. The summed E-state index contributed by atoms with van der Waals surface area (Å²) in [6, 6.07) is 13.5. The van der Waals surface area contributed by atoms with Crippen LogP contribution in [0.5, 0.6) is 0 Å². The molecule has 0 saturated carbocycles. The number of hydrogen-bond acceptors (Lipinski definition) is 4. The average Bonchev–Trinajstić information content (AvgIpc) is 2.59. The Balaban J connectivity index is 1.73. The van der Waals surface area contributed by atoms with Gasteiger partial charge in [0.15, 0.2) is 0 Å². The lowest BCUT2D eigenvalue weighted by atomic mass is 10.1. The number of aromatic nitrogens is 2. The average molecular weight is 332 g/mol. The van der Waals surface area contributed by atoms with Gasteiger partial charge in [0.05, 0.1) is 5.56 Å². The number of nitrogens with one attached hydrogen (secondary N) is 2. The molecule has 0 saturated heterocycles. The Morgan fingerprint density at radius 3 is 2.12 bits per heavy atom. The van der Waals surface area contributed by atoms with Gasteiger partial charge in [0.2, 0.25) is 5.95 Å². The summed E-state index contributed by atoms with van der Waals surface area (Å²) in [6.45, 7) is 6.16. The second-order valence-electron chi connectivity index (χ2n) is 6.01. The highest BCUT2D eigenvalue weighted by atomic mass is 16.1. The second-order valence-corrected chi connectivity index (χ2v) is 6.01. The predicted octanol–water partition coefficient (Wildman–Crippen LogP) is 4.40. The van der Waals surface area contributed by atoms with Crippen LogP contribution in [0.25, 0.3) is 0 Å². The van der Waals surface area contributed by atoms with Gasteiger partial charge in [0.1, 0.15) is 0 Å². The Kier molecular flexibility index (Phi) is 4.75. The van der Waals surface area contributed by atoms with Gasteiger partial charge in [-0.3, -0.25) is 4.79 Å². The van der Waals surface area contributed by atoms with Gasteiger partial charge in [-0.25, -0.2) is 9.97 Å². The molecule has 0 bridgehead atoms. The SMILES string of the molecule is Cc1cc(C)c(Nc2ncc(C(=O)Nc3ccccc3)cn2)c(C)c1. The lowest BCUT2D eigenvalue weighted by Crippen LogP contribution is -2.13. The number of rotatable bonds is 4. The van der Waals surface area contributed by atoms with Gasteiger partial charge < -0.3 is 10.6 Å². The molecular weight excluding hydrogens is 312 g/mol. The van der Waals surface area contributed by atoms with Crippen molar-refractivity contribution in [3.8, 4) is 0 Å². The summed E-state index contributed by atoms with van der Waals surface area (Å²) < 4.78 is 0. The fourth-order valence-corrected chi connectivity index (χ4v) is 2.72. The number of nitrogens with zero attached hydrogens (tertiary/aromatic N) is 2. The summed E-state index contributed by atoms with van der Waals surface area (Å²) >= 11 is 0. The third kappa shape index (κ3) is 4.01. The fourth-order valence-electron chi connectivity index (χ4n) is 2.72. The Hall–Kier alpha value is -3.21. The van der Waals surface area contributed by atoms with Crippen LogP contribution in [0.15, 0.2) is 54.9 Å². The van der Waals surface area contributed by atoms with E-state index >= 15 is 0 Å². The second kappa shape index (κ2) is 7.13. The largest absolute Gasteiger partial charge is 0.324 e. The Labute approximate surface area is 147 Å². The number of amides is 1. The first-order valence-electron chi connectivity index (χ1n) is 8.06. The van der Waals surface area contributed by atoms with E-state index in [9.17, 15) is 4.79 Å². The first-order valence-corrected chi connectivity index (χ1v) is 8.06. The van der Waals surface area contributed by atoms with Gasteiger partial charge >= 0.3 is 0 Å². The van der Waals surface area contributed by atoms with E-state index in [0.29, 0.717) is 11.5 Å². The molecule has 0 aliphatic rings. The number of anilines is 3. The smallest absolute Gasteiger partial charge is 0.258 e. The van der Waals surface area contributed by atoms with Crippen LogP contribution in [0, 0.1) is 20.8 Å². The van der Waals surface area contributed by atoms with Crippen molar-refractivity contribution in [2.75, 3.05) is 10.6 Å². The maximum absolute atomic E-state index is 12.2. The minimum Gasteiger partial charge on any atom is -0.324 e. The zero-order chi connectivity index (χ0) is 17.8. The first kappa shape index (κ1) is 16.6. The van der Waals surface area contributed by atoms with E-state index in [0.717, 1.165) is 22.5 Å². The molecule has 1 amide bonds. The van der Waals surface area contributed by atoms with Crippen LogP contribution in [-0.2, 0) is 0 Å². The van der Waals surface area contributed by atoms with Gasteiger partial charge in [0.25, 0.3) is 5.91 Å². The minimum absolute atomic E-state index is 0.236. The molecule has 1 aromatic heterocycles. The summed E-state index contributed by atoms with van der Waals surface area (Å²) in [5.74, 6) is 0.228. The van der Waals surface area contributed by atoms with Crippen LogP contribution in [0.2, 0.25) is 0 Å². The molecule has 25 heavy (non-hydrogen) atoms. The van der Waals surface area contributed by atoms with E-state index in [1.807, 2.05) is 44.2 Å². The molecule has 1 heterocycles. The summed E-state index contributed by atoms with van der Waals surface area (Å²) in [7, 11) is 0. The zero-order valence-electron chi connectivity index (χ0n) is 14.5. The molecule has 0 aliphatic carbocycles. The lowest BCUT2D eigenvalue weighted by Gasteiger charge is -2.12. The lowest BCUT2D eigenvalue weighted by molar-refractivity contribution is 0.102.